The molecule has 0 fully saturated rings. The largest absolute Gasteiger partial charge is 0.474 e. The number of rotatable bonds is 5. The molecule has 0 unspecified atom stereocenters. The number of pyridine rings is 2. The number of ether oxygens (including phenoxy) is 1. The summed E-state index contributed by atoms with van der Waals surface area (Å²) in [6, 6.07) is 8.65. The van der Waals surface area contributed by atoms with Gasteiger partial charge < -0.3 is 10.9 Å². The van der Waals surface area contributed by atoms with Gasteiger partial charge in [-0.1, -0.05) is 5.16 Å². The van der Waals surface area contributed by atoms with Gasteiger partial charge in [0.15, 0.2) is 18.6 Å². The standard InChI is InChI=1S/C14H14N4O3/c1-21-14(17-8-5-11(6-9-17)13(15)19)18-7-3-2-4-12(18)10-16-20/h2-10,14H,1H3,(H-,15,19)/p+2/t14-/m0/s1. The minimum atomic E-state index is -0.499. The fraction of sp³-hybridized carbons (Fsp3) is 0.143. The van der Waals surface area contributed by atoms with Gasteiger partial charge in [0, 0.05) is 31.4 Å². The summed E-state index contributed by atoms with van der Waals surface area (Å²) in [6.07, 6.45) is 5.98. The Balaban J connectivity index is 2.42. The predicted molar refractivity (Wildman–Crippen MR) is 72.6 cm³/mol. The third-order valence-corrected chi connectivity index (χ3v) is 2.95. The molecule has 108 valence electrons. The molecule has 0 spiro atoms. The van der Waals surface area contributed by atoms with E-state index in [0.717, 1.165) is 0 Å². The minimum Gasteiger partial charge on any atom is -0.411 e. The Labute approximate surface area is 121 Å². The molecule has 7 nitrogen and oxygen atoms in total. The molecular weight excluding hydrogens is 272 g/mol. The van der Waals surface area contributed by atoms with E-state index in [1.165, 1.54) is 6.21 Å². The van der Waals surface area contributed by atoms with Crippen LogP contribution in [0.5, 0.6) is 0 Å². The molecule has 0 aromatic carbocycles. The van der Waals surface area contributed by atoms with E-state index in [1.807, 2.05) is 12.1 Å². The van der Waals surface area contributed by atoms with Crippen LogP contribution in [-0.4, -0.2) is 24.4 Å². The highest BCUT2D eigenvalue weighted by Gasteiger charge is 2.29. The van der Waals surface area contributed by atoms with Gasteiger partial charge in [-0.25, -0.2) is 0 Å². The zero-order valence-corrected chi connectivity index (χ0v) is 11.5. The molecule has 0 saturated carbocycles. The number of hydrogen-bond acceptors (Lipinski definition) is 4. The Bertz CT molecular complexity index is 656. The molecule has 1 amide bonds. The van der Waals surface area contributed by atoms with Crippen LogP contribution in [0.4, 0.5) is 0 Å². The van der Waals surface area contributed by atoms with Crippen molar-refractivity contribution in [3.8, 4) is 0 Å². The number of nitrogens with zero attached hydrogens (tertiary/aromatic N) is 3. The second-order valence-electron chi connectivity index (χ2n) is 4.24. The first-order chi connectivity index (χ1) is 10.2. The van der Waals surface area contributed by atoms with E-state index in [0.29, 0.717) is 11.3 Å². The molecule has 7 heteroatoms. The van der Waals surface area contributed by atoms with Gasteiger partial charge >= 0.3 is 6.35 Å². The Hall–Kier alpha value is -2.80. The smallest absolute Gasteiger partial charge is 0.411 e. The quantitative estimate of drug-likeness (QED) is 0.346. The van der Waals surface area contributed by atoms with Crippen molar-refractivity contribution < 1.29 is 23.9 Å². The molecule has 0 bridgehead atoms. The normalized spacial score (nSPS) is 12.4. The molecule has 0 aliphatic heterocycles. The van der Waals surface area contributed by atoms with Crippen LogP contribution in [0.2, 0.25) is 0 Å². The van der Waals surface area contributed by atoms with Crippen molar-refractivity contribution in [1.82, 2.24) is 0 Å². The van der Waals surface area contributed by atoms with Crippen LogP contribution in [0.15, 0.2) is 54.1 Å². The van der Waals surface area contributed by atoms with Gasteiger partial charge in [-0.15, -0.1) is 9.13 Å². The molecular formula is C14H16N4O3+2. The summed E-state index contributed by atoms with van der Waals surface area (Å²) < 4.78 is 8.99. The fourth-order valence-corrected chi connectivity index (χ4v) is 1.97. The molecule has 2 rings (SSSR count). The topological polar surface area (TPSA) is 92.7 Å². The van der Waals surface area contributed by atoms with Gasteiger partial charge in [-0.2, -0.15) is 0 Å². The van der Waals surface area contributed by atoms with E-state index >= 15 is 0 Å². The van der Waals surface area contributed by atoms with Gasteiger partial charge in [0.2, 0.25) is 11.6 Å². The number of carbonyl (C=O) groups is 1. The molecule has 0 saturated heterocycles. The number of methoxy groups -OCH3 is 1. The molecule has 21 heavy (non-hydrogen) atoms. The SMILES string of the molecule is CO[C@@H]([n+]1ccc(C(N)=O)cc1)[n+]1ccccc1C=NO. The van der Waals surface area contributed by atoms with Crippen LogP contribution < -0.4 is 14.9 Å². The van der Waals surface area contributed by atoms with E-state index < -0.39 is 12.3 Å². The molecule has 0 radical (unpaired) electrons. The highest BCUT2D eigenvalue weighted by molar-refractivity contribution is 5.92. The van der Waals surface area contributed by atoms with Crippen LogP contribution in [0.1, 0.15) is 22.4 Å². The Morgan fingerprint density at radius 2 is 2.05 bits per heavy atom. The Morgan fingerprint density at radius 1 is 1.33 bits per heavy atom. The average Bonchev–Trinajstić information content (AvgIpc) is 2.50. The maximum Gasteiger partial charge on any atom is 0.474 e. The first-order valence-corrected chi connectivity index (χ1v) is 6.18. The number of amides is 1. The number of aromatic nitrogens is 2. The van der Waals surface area contributed by atoms with Gasteiger partial charge in [0.25, 0.3) is 0 Å². The molecule has 2 aromatic heterocycles. The first kappa shape index (κ1) is 14.6. The summed E-state index contributed by atoms with van der Waals surface area (Å²) in [5.41, 5.74) is 6.28. The van der Waals surface area contributed by atoms with Crippen molar-refractivity contribution in [2.24, 2.45) is 10.9 Å². The summed E-state index contributed by atoms with van der Waals surface area (Å²) in [6.45, 7) is 0. The lowest BCUT2D eigenvalue weighted by atomic mass is 10.2. The molecule has 2 heterocycles. The van der Waals surface area contributed by atoms with E-state index in [1.54, 1.807) is 53.0 Å². The second-order valence-corrected chi connectivity index (χ2v) is 4.24. The summed E-state index contributed by atoms with van der Waals surface area (Å²) >= 11 is 0. The predicted octanol–water partition coefficient (Wildman–Crippen LogP) is -0.181. The van der Waals surface area contributed by atoms with Crippen molar-refractivity contribution in [3.63, 3.8) is 0 Å². The lowest BCUT2D eigenvalue weighted by Gasteiger charge is -2.07. The van der Waals surface area contributed by atoms with E-state index in [9.17, 15) is 4.79 Å². The highest BCUT2D eigenvalue weighted by atomic mass is 16.5. The number of oxime groups is 1. The second kappa shape index (κ2) is 6.58. The maximum atomic E-state index is 11.1. The van der Waals surface area contributed by atoms with Gasteiger partial charge in [-0.05, 0) is 6.07 Å². The van der Waals surface area contributed by atoms with Gasteiger partial charge in [0.05, 0.1) is 5.56 Å². The van der Waals surface area contributed by atoms with Crippen molar-refractivity contribution in [3.05, 3.63) is 60.2 Å². The third kappa shape index (κ3) is 3.21. The van der Waals surface area contributed by atoms with Gasteiger partial charge in [0.1, 0.15) is 6.21 Å². The van der Waals surface area contributed by atoms with Crippen molar-refractivity contribution in [1.29, 1.82) is 0 Å². The van der Waals surface area contributed by atoms with E-state index in [4.69, 9.17) is 15.7 Å². The fourth-order valence-electron chi connectivity index (χ4n) is 1.97. The minimum absolute atomic E-state index is 0.413. The van der Waals surface area contributed by atoms with Gasteiger partial charge in [-0.3, -0.25) is 9.53 Å². The molecule has 1 atom stereocenters. The van der Waals surface area contributed by atoms with Crippen molar-refractivity contribution in [2.75, 3.05) is 7.11 Å². The third-order valence-electron chi connectivity index (χ3n) is 2.95. The number of primary amides is 1. The Kier molecular flexibility index (Phi) is 4.57. The van der Waals surface area contributed by atoms with E-state index in [2.05, 4.69) is 5.16 Å². The lowest BCUT2D eigenvalue weighted by Crippen LogP contribution is -2.59. The monoisotopic (exact) mass is 288 g/mol. The van der Waals surface area contributed by atoms with Crippen molar-refractivity contribution in [2.45, 2.75) is 6.35 Å². The molecule has 2 aromatic rings. The maximum absolute atomic E-state index is 11.1. The number of nitrogens with two attached hydrogens (primary N) is 1. The molecule has 0 aliphatic carbocycles. The molecule has 3 N–H and O–H groups in total. The van der Waals surface area contributed by atoms with Crippen LogP contribution in [0.25, 0.3) is 0 Å². The zero-order valence-electron chi connectivity index (χ0n) is 11.5. The van der Waals surface area contributed by atoms with Crippen molar-refractivity contribution >= 4 is 12.1 Å². The van der Waals surface area contributed by atoms with Crippen LogP contribution in [0.3, 0.4) is 0 Å². The number of hydrogen-bond donors (Lipinski definition) is 2. The lowest BCUT2D eigenvalue weighted by molar-refractivity contribution is -0.983. The van der Waals surface area contributed by atoms with Crippen LogP contribution >= 0.6 is 0 Å². The summed E-state index contributed by atoms with van der Waals surface area (Å²) in [5, 5.41) is 11.8. The molecule has 0 aliphatic rings. The Morgan fingerprint density at radius 3 is 2.62 bits per heavy atom. The first-order valence-electron chi connectivity index (χ1n) is 6.18. The average molecular weight is 288 g/mol. The summed E-state index contributed by atoms with van der Waals surface area (Å²) in [5.74, 6) is -0.489. The highest BCUT2D eigenvalue weighted by Crippen LogP contribution is 1.99. The van der Waals surface area contributed by atoms with Crippen LogP contribution in [0, 0.1) is 0 Å². The van der Waals surface area contributed by atoms with E-state index in [-0.39, 0.29) is 0 Å². The summed E-state index contributed by atoms with van der Waals surface area (Å²) in [4.78, 5) is 11.1. The van der Waals surface area contributed by atoms with Crippen LogP contribution in [-0.2, 0) is 4.74 Å². The zero-order chi connectivity index (χ0) is 15.2. The number of carbonyl (C=O) groups excluding carboxylic acids is 1. The summed E-state index contributed by atoms with van der Waals surface area (Å²) in [7, 11) is 1.56.